The zero-order valence-corrected chi connectivity index (χ0v) is 14.6. The number of nitrogens with one attached hydrogen (secondary N) is 1. The van der Waals surface area contributed by atoms with Gasteiger partial charge in [0.25, 0.3) is 11.5 Å². The Hall–Kier alpha value is -3.62. The average Bonchev–Trinajstić information content (AvgIpc) is 2.69. The number of hydrogen-bond acceptors (Lipinski definition) is 6. The highest BCUT2D eigenvalue weighted by Gasteiger charge is 2.15. The molecule has 0 saturated carbocycles. The van der Waals surface area contributed by atoms with Gasteiger partial charge in [-0.05, 0) is 18.2 Å². The molecule has 0 unspecified atom stereocenters. The molecule has 0 atom stereocenters. The number of rotatable bonds is 5. The first-order valence-electron chi connectivity index (χ1n) is 7.94. The molecule has 0 bridgehead atoms. The number of hydrogen-bond donors (Lipinski definition) is 1. The molecule has 3 aromatic rings. The number of methoxy groups -OCH3 is 1. The van der Waals surface area contributed by atoms with Crippen molar-refractivity contribution in [3.8, 4) is 17.1 Å². The van der Waals surface area contributed by atoms with Gasteiger partial charge in [0, 0.05) is 25.4 Å². The molecule has 138 valence electrons. The molecule has 9 heteroatoms. The van der Waals surface area contributed by atoms with Crippen molar-refractivity contribution >= 4 is 5.91 Å². The van der Waals surface area contributed by atoms with Crippen LogP contribution in [0.2, 0.25) is 0 Å². The van der Waals surface area contributed by atoms with Gasteiger partial charge in [-0.25, -0.2) is 19.3 Å². The van der Waals surface area contributed by atoms with Crippen LogP contribution in [0.5, 0.6) is 5.75 Å². The molecule has 3 rings (SSSR count). The van der Waals surface area contributed by atoms with Crippen molar-refractivity contribution in [1.82, 2.24) is 24.8 Å². The summed E-state index contributed by atoms with van der Waals surface area (Å²) in [5, 5.41) is 2.66. The second-order valence-electron chi connectivity index (χ2n) is 5.58. The highest BCUT2D eigenvalue weighted by Crippen LogP contribution is 2.19. The van der Waals surface area contributed by atoms with E-state index in [0.29, 0.717) is 17.2 Å². The molecule has 0 aliphatic carbocycles. The van der Waals surface area contributed by atoms with Crippen molar-refractivity contribution in [2.45, 2.75) is 6.54 Å². The van der Waals surface area contributed by atoms with E-state index in [2.05, 4.69) is 20.3 Å². The molecule has 1 amide bonds. The van der Waals surface area contributed by atoms with Crippen LogP contribution in [0, 0.1) is 5.82 Å². The van der Waals surface area contributed by atoms with Crippen molar-refractivity contribution in [2.75, 3.05) is 7.11 Å². The van der Waals surface area contributed by atoms with Crippen LogP contribution < -0.4 is 15.6 Å². The van der Waals surface area contributed by atoms with Crippen LogP contribution in [0.4, 0.5) is 4.39 Å². The van der Waals surface area contributed by atoms with Gasteiger partial charge in [0.1, 0.15) is 23.7 Å². The quantitative estimate of drug-likeness (QED) is 0.728. The average molecular weight is 369 g/mol. The van der Waals surface area contributed by atoms with Gasteiger partial charge in [-0.15, -0.1) is 0 Å². The van der Waals surface area contributed by atoms with E-state index in [1.165, 1.54) is 36.2 Å². The summed E-state index contributed by atoms with van der Waals surface area (Å²) in [4.78, 5) is 36.9. The molecular weight excluding hydrogens is 353 g/mol. The number of halogens is 1. The Kier molecular flexibility index (Phi) is 5.20. The summed E-state index contributed by atoms with van der Waals surface area (Å²) < 4.78 is 19.6. The maximum atomic E-state index is 13.3. The zero-order valence-electron chi connectivity index (χ0n) is 14.6. The van der Waals surface area contributed by atoms with Gasteiger partial charge >= 0.3 is 0 Å². The molecule has 0 spiro atoms. The Morgan fingerprint density at radius 1 is 1.26 bits per heavy atom. The van der Waals surface area contributed by atoms with Crippen LogP contribution in [0.1, 0.15) is 16.2 Å². The first-order chi connectivity index (χ1) is 13.0. The smallest absolute Gasteiger partial charge is 0.255 e. The molecule has 27 heavy (non-hydrogen) atoms. The predicted molar refractivity (Wildman–Crippen MR) is 94.6 cm³/mol. The predicted octanol–water partition coefficient (Wildman–Crippen LogP) is 1.31. The minimum Gasteiger partial charge on any atom is -0.496 e. The third-order valence-corrected chi connectivity index (χ3v) is 3.89. The fourth-order valence-electron chi connectivity index (χ4n) is 2.43. The van der Waals surface area contributed by atoms with Gasteiger partial charge in [-0.3, -0.25) is 14.2 Å². The van der Waals surface area contributed by atoms with E-state index in [-0.39, 0.29) is 23.4 Å². The van der Waals surface area contributed by atoms with Crippen molar-refractivity contribution < 1.29 is 13.9 Å². The third kappa shape index (κ3) is 3.97. The van der Waals surface area contributed by atoms with Crippen LogP contribution in [0.3, 0.4) is 0 Å². The number of amides is 1. The van der Waals surface area contributed by atoms with E-state index in [1.807, 2.05) is 0 Å². The lowest BCUT2D eigenvalue weighted by molar-refractivity contribution is 0.0946. The summed E-state index contributed by atoms with van der Waals surface area (Å²) in [6.07, 6.45) is 2.90. The summed E-state index contributed by atoms with van der Waals surface area (Å²) in [5.74, 6) is -0.534. The van der Waals surface area contributed by atoms with Crippen LogP contribution in [-0.4, -0.2) is 32.5 Å². The SMILES string of the molecule is COc1cc(F)ccc1C(=O)NCc1nc(-c2ccncn2)cc(=O)n1C. The number of benzene rings is 1. The maximum Gasteiger partial charge on any atom is 0.255 e. The van der Waals surface area contributed by atoms with Gasteiger partial charge in [0.15, 0.2) is 0 Å². The summed E-state index contributed by atoms with van der Waals surface area (Å²) in [6.45, 7) is -0.00989. The Morgan fingerprint density at radius 2 is 2.07 bits per heavy atom. The van der Waals surface area contributed by atoms with Crippen LogP contribution in [0.25, 0.3) is 11.4 Å². The van der Waals surface area contributed by atoms with E-state index in [1.54, 1.807) is 19.3 Å². The van der Waals surface area contributed by atoms with E-state index in [4.69, 9.17) is 4.74 Å². The Labute approximate surface area is 153 Å². The second-order valence-corrected chi connectivity index (χ2v) is 5.58. The standard InChI is InChI=1S/C18H16FN5O3/c1-24-16(23-14(8-17(24)25)13-5-6-20-10-22-13)9-21-18(26)12-4-3-11(19)7-15(12)27-2/h3-8,10H,9H2,1-2H3,(H,21,26). The monoisotopic (exact) mass is 369 g/mol. The molecule has 0 fully saturated rings. The van der Waals surface area contributed by atoms with Gasteiger partial charge in [-0.1, -0.05) is 0 Å². The highest BCUT2D eigenvalue weighted by atomic mass is 19.1. The largest absolute Gasteiger partial charge is 0.496 e. The third-order valence-electron chi connectivity index (χ3n) is 3.89. The number of carbonyl (C=O) groups excluding carboxylic acids is 1. The molecule has 0 saturated heterocycles. The van der Waals surface area contributed by atoms with Gasteiger partial charge in [0.2, 0.25) is 0 Å². The van der Waals surface area contributed by atoms with Gasteiger partial charge in [0.05, 0.1) is 30.6 Å². The van der Waals surface area contributed by atoms with Gasteiger partial charge in [-0.2, -0.15) is 0 Å². The Bertz CT molecular complexity index is 1040. The van der Waals surface area contributed by atoms with Crippen LogP contribution >= 0.6 is 0 Å². The zero-order chi connectivity index (χ0) is 19.4. The van der Waals surface area contributed by atoms with E-state index >= 15 is 0 Å². The van der Waals surface area contributed by atoms with Crippen molar-refractivity contribution in [3.05, 3.63) is 70.4 Å². The molecule has 0 aliphatic rings. The Balaban J connectivity index is 1.85. The summed E-state index contributed by atoms with van der Waals surface area (Å²) in [6, 6.07) is 6.61. The molecule has 8 nitrogen and oxygen atoms in total. The fraction of sp³-hybridized carbons (Fsp3) is 0.167. The normalized spacial score (nSPS) is 10.5. The van der Waals surface area contributed by atoms with Crippen LogP contribution in [-0.2, 0) is 13.6 Å². The molecule has 0 aliphatic heterocycles. The number of ether oxygens (including phenoxy) is 1. The van der Waals surface area contributed by atoms with Crippen molar-refractivity contribution in [2.24, 2.45) is 7.05 Å². The number of aromatic nitrogens is 4. The van der Waals surface area contributed by atoms with Gasteiger partial charge < -0.3 is 10.1 Å². The fourth-order valence-corrected chi connectivity index (χ4v) is 2.43. The lowest BCUT2D eigenvalue weighted by Gasteiger charge is -2.12. The molecule has 0 radical (unpaired) electrons. The minimum atomic E-state index is -0.509. The molecule has 2 aromatic heterocycles. The summed E-state index contributed by atoms with van der Waals surface area (Å²) >= 11 is 0. The van der Waals surface area contributed by atoms with Crippen molar-refractivity contribution in [1.29, 1.82) is 0 Å². The molecule has 1 N–H and O–H groups in total. The maximum absolute atomic E-state index is 13.3. The Morgan fingerprint density at radius 3 is 2.78 bits per heavy atom. The van der Waals surface area contributed by atoms with Crippen LogP contribution in [0.15, 0.2) is 47.7 Å². The molecule has 1 aromatic carbocycles. The molecule has 2 heterocycles. The lowest BCUT2D eigenvalue weighted by atomic mass is 10.2. The van der Waals surface area contributed by atoms with E-state index in [0.717, 1.165) is 6.07 Å². The summed E-state index contributed by atoms with van der Waals surface area (Å²) in [5.41, 5.74) is 0.762. The summed E-state index contributed by atoms with van der Waals surface area (Å²) in [7, 11) is 2.90. The number of carbonyl (C=O) groups is 1. The number of nitrogens with zero attached hydrogens (tertiary/aromatic N) is 4. The second kappa shape index (κ2) is 7.73. The van der Waals surface area contributed by atoms with Crippen molar-refractivity contribution in [3.63, 3.8) is 0 Å². The minimum absolute atomic E-state index is 0.00989. The van der Waals surface area contributed by atoms with E-state index < -0.39 is 11.7 Å². The highest BCUT2D eigenvalue weighted by molar-refractivity contribution is 5.96. The first-order valence-corrected chi connectivity index (χ1v) is 7.94. The first kappa shape index (κ1) is 18.2. The molecular formula is C18H16FN5O3. The lowest BCUT2D eigenvalue weighted by Crippen LogP contribution is -2.29. The topological polar surface area (TPSA) is 99.0 Å². The van der Waals surface area contributed by atoms with E-state index in [9.17, 15) is 14.0 Å².